The maximum Gasteiger partial charge on any atom is 0.331 e. The zero-order valence-corrected chi connectivity index (χ0v) is 14.7. The summed E-state index contributed by atoms with van der Waals surface area (Å²) in [4.78, 5) is 42.9. The Morgan fingerprint density at radius 3 is 2.72 bits per heavy atom. The van der Waals surface area contributed by atoms with Crippen LogP contribution in [0.1, 0.15) is 26.0 Å². The summed E-state index contributed by atoms with van der Waals surface area (Å²) in [5.74, 6) is -1.82. The Morgan fingerprint density at radius 1 is 1.32 bits per heavy atom. The van der Waals surface area contributed by atoms with Crippen molar-refractivity contribution in [2.45, 2.75) is 26.8 Å². The van der Waals surface area contributed by atoms with Crippen molar-refractivity contribution in [2.24, 2.45) is 10.9 Å². The van der Waals surface area contributed by atoms with Crippen LogP contribution in [0.25, 0.3) is 0 Å². The number of rotatable bonds is 9. The highest BCUT2D eigenvalue weighted by molar-refractivity contribution is 6.23. The van der Waals surface area contributed by atoms with Crippen molar-refractivity contribution >= 4 is 24.1 Å². The summed E-state index contributed by atoms with van der Waals surface area (Å²) in [6.07, 6.45) is 3.69. The van der Waals surface area contributed by atoms with E-state index >= 15 is 0 Å². The van der Waals surface area contributed by atoms with Crippen LogP contribution < -0.4 is 10.2 Å². The van der Waals surface area contributed by atoms with E-state index in [1.165, 1.54) is 17.4 Å². The summed E-state index contributed by atoms with van der Waals surface area (Å²) >= 11 is 0. The second-order valence-corrected chi connectivity index (χ2v) is 5.89. The third kappa shape index (κ3) is 4.99. The Hall–Kier alpha value is -2.48. The molecule has 1 unspecified atom stereocenters. The normalized spacial score (nSPS) is 18.4. The maximum absolute atomic E-state index is 12.4. The molecule has 2 heterocycles. The van der Waals surface area contributed by atoms with Gasteiger partial charge in [0.05, 0.1) is 32.4 Å². The number of quaternary nitrogens is 1. The highest BCUT2D eigenvalue weighted by Gasteiger charge is 2.39. The number of carbonyl (C=O) groups excluding carboxylic acids is 3. The third-order valence-corrected chi connectivity index (χ3v) is 4.26. The number of imide groups is 2. The molecule has 1 aromatic rings. The van der Waals surface area contributed by atoms with Crippen LogP contribution in [0.3, 0.4) is 0 Å². The zero-order valence-electron chi connectivity index (χ0n) is 14.7. The summed E-state index contributed by atoms with van der Waals surface area (Å²) in [7, 11) is 0. The van der Waals surface area contributed by atoms with Gasteiger partial charge in [-0.05, 0) is 26.0 Å². The highest BCUT2D eigenvalue weighted by atomic mass is 16.3. The fraction of sp³-hybridized carbons (Fsp3) is 0.529. The smallest absolute Gasteiger partial charge is 0.331 e. The topological polar surface area (TPSA) is 96.4 Å². The van der Waals surface area contributed by atoms with Crippen molar-refractivity contribution in [2.75, 3.05) is 26.2 Å². The van der Waals surface area contributed by atoms with E-state index in [2.05, 4.69) is 24.2 Å². The van der Waals surface area contributed by atoms with Crippen LogP contribution in [0.15, 0.2) is 27.8 Å². The van der Waals surface area contributed by atoms with E-state index in [1.54, 1.807) is 12.1 Å². The molecule has 2 N–H and O–H groups in total. The molecular formula is C17H25N4O4+. The largest absolute Gasteiger partial charge is 0.467 e. The molecule has 0 aromatic carbocycles. The van der Waals surface area contributed by atoms with Crippen molar-refractivity contribution in [3.8, 4) is 0 Å². The molecule has 1 aliphatic heterocycles. The standard InChI is InChI=1S/C17H24N4O4/c1-3-20(4-2)9-6-8-18-11-14-15(22)19-17(24)21(16(14)23)12-13-7-5-10-25-13/h5,7,10-11,14H,3-4,6,8-9,12H2,1-2H3,(H,19,22,24)/p+1. The summed E-state index contributed by atoms with van der Waals surface area (Å²) in [6, 6.07) is 2.60. The molecule has 136 valence electrons. The Balaban J connectivity index is 1.92. The van der Waals surface area contributed by atoms with Gasteiger partial charge in [-0.25, -0.2) is 4.79 Å². The average Bonchev–Trinajstić information content (AvgIpc) is 3.10. The van der Waals surface area contributed by atoms with Gasteiger partial charge in [-0.3, -0.25) is 24.8 Å². The van der Waals surface area contributed by atoms with Crippen LogP contribution in [-0.4, -0.2) is 55.1 Å². The second-order valence-electron chi connectivity index (χ2n) is 5.89. The van der Waals surface area contributed by atoms with Crippen molar-refractivity contribution in [1.29, 1.82) is 0 Å². The number of hydrogen-bond acceptors (Lipinski definition) is 5. The first kappa shape index (κ1) is 18.9. The molecule has 1 aliphatic rings. The molecule has 0 saturated carbocycles. The predicted molar refractivity (Wildman–Crippen MR) is 91.2 cm³/mol. The zero-order chi connectivity index (χ0) is 18.2. The lowest BCUT2D eigenvalue weighted by molar-refractivity contribution is -0.896. The number of aliphatic imine (C=N–C) groups is 1. The van der Waals surface area contributed by atoms with E-state index in [0.29, 0.717) is 12.3 Å². The van der Waals surface area contributed by atoms with Crippen molar-refractivity contribution in [1.82, 2.24) is 10.2 Å². The maximum atomic E-state index is 12.4. The molecule has 4 amide bonds. The predicted octanol–water partition coefficient (Wildman–Crippen LogP) is -0.140. The monoisotopic (exact) mass is 349 g/mol. The first-order valence-electron chi connectivity index (χ1n) is 8.58. The summed E-state index contributed by atoms with van der Waals surface area (Å²) in [5, 5.41) is 2.19. The van der Waals surface area contributed by atoms with Gasteiger partial charge < -0.3 is 9.32 Å². The lowest BCUT2D eigenvalue weighted by Crippen LogP contribution is -3.11. The first-order chi connectivity index (χ1) is 12.1. The number of urea groups is 1. The Morgan fingerprint density at radius 2 is 2.08 bits per heavy atom. The van der Waals surface area contributed by atoms with Crippen LogP contribution in [-0.2, 0) is 16.1 Å². The fourth-order valence-corrected chi connectivity index (χ4v) is 2.67. The van der Waals surface area contributed by atoms with Gasteiger partial charge in [-0.1, -0.05) is 0 Å². The van der Waals surface area contributed by atoms with Crippen LogP contribution in [0.4, 0.5) is 4.79 Å². The highest BCUT2D eigenvalue weighted by Crippen LogP contribution is 2.13. The number of carbonyl (C=O) groups is 3. The minimum Gasteiger partial charge on any atom is -0.467 e. The van der Waals surface area contributed by atoms with Gasteiger partial charge >= 0.3 is 6.03 Å². The minimum absolute atomic E-state index is 0.0133. The molecule has 0 aliphatic carbocycles. The summed E-state index contributed by atoms with van der Waals surface area (Å²) < 4.78 is 5.16. The van der Waals surface area contributed by atoms with Gasteiger partial charge in [0, 0.05) is 19.2 Å². The second kappa shape index (κ2) is 9.12. The fourth-order valence-electron chi connectivity index (χ4n) is 2.67. The molecule has 8 heteroatoms. The molecule has 25 heavy (non-hydrogen) atoms. The molecule has 0 spiro atoms. The minimum atomic E-state index is -1.08. The molecule has 0 bridgehead atoms. The van der Waals surface area contributed by atoms with E-state index in [-0.39, 0.29) is 6.54 Å². The number of amides is 4. The van der Waals surface area contributed by atoms with E-state index in [9.17, 15) is 14.4 Å². The van der Waals surface area contributed by atoms with Gasteiger partial charge in [-0.15, -0.1) is 0 Å². The first-order valence-corrected chi connectivity index (χ1v) is 8.58. The average molecular weight is 349 g/mol. The Labute approximate surface area is 146 Å². The van der Waals surface area contributed by atoms with Gasteiger partial charge in [0.1, 0.15) is 5.76 Å². The van der Waals surface area contributed by atoms with E-state index in [0.717, 1.165) is 31.0 Å². The van der Waals surface area contributed by atoms with Crippen molar-refractivity contribution in [3.05, 3.63) is 24.2 Å². The van der Waals surface area contributed by atoms with Crippen LogP contribution >= 0.6 is 0 Å². The Bertz CT molecular complexity index is 623. The molecule has 8 nitrogen and oxygen atoms in total. The lowest BCUT2D eigenvalue weighted by Gasteiger charge is -2.27. The van der Waals surface area contributed by atoms with Gasteiger partial charge in [-0.2, -0.15) is 0 Å². The third-order valence-electron chi connectivity index (χ3n) is 4.26. The molecule has 1 atom stereocenters. The Kier molecular flexibility index (Phi) is 6.88. The summed E-state index contributed by atoms with van der Waals surface area (Å²) in [5.41, 5.74) is 0. The van der Waals surface area contributed by atoms with Crippen LogP contribution in [0.2, 0.25) is 0 Å². The van der Waals surface area contributed by atoms with E-state index < -0.39 is 23.8 Å². The number of nitrogens with zero attached hydrogens (tertiary/aromatic N) is 2. The molecule has 0 radical (unpaired) electrons. The van der Waals surface area contributed by atoms with E-state index in [4.69, 9.17) is 4.42 Å². The lowest BCUT2D eigenvalue weighted by atomic mass is 10.1. The molecule has 1 fully saturated rings. The SMILES string of the molecule is CC[NH+](CC)CCCN=CC1C(=O)NC(=O)N(Cc2ccco2)C1=O. The number of nitrogens with one attached hydrogen (secondary N) is 2. The van der Waals surface area contributed by atoms with Crippen LogP contribution in [0.5, 0.6) is 0 Å². The molecule has 2 rings (SSSR count). The number of barbiturate groups is 1. The number of hydrogen-bond donors (Lipinski definition) is 2. The number of furan rings is 1. The van der Waals surface area contributed by atoms with Gasteiger partial charge in [0.25, 0.3) is 0 Å². The van der Waals surface area contributed by atoms with Crippen LogP contribution in [0, 0.1) is 5.92 Å². The summed E-state index contributed by atoms with van der Waals surface area (Å²) in [6.45, 7) is 7.93. The molecule has 1 saturated heterocycles. The van der Waals surface area contributed by atoms with Gasteiger partial charge in [0.2, 0.25) is 11.8 Å². The van der Waals surface area contributed by atoms with Crippen molar-refractivity contribution in [3.63, 3.8) is 0 Å². The molecule has 1 aromatic heterocycles. The molecular weight excluding hydrogens is 324 g/mol. The van der Waals surface area contributed by atoms with E-state index in [1.807, 2.05) is 0 Å². The van der Waals surface area contributed by atoms with Gasteiger partial charge in [0.15, 0.2) is 5.92 Å². The van der Waals surface area contributed by atoms with Crippen molar-refractivity contribution < 1.29 is 23.7 Å². The quantitative estimate of drug-likeness (QED) is 0.368.